The molecule has 0 bridgehead atoms. The van der Waals surface area contributed by atoms with Gasteiger partial charge in [-0.05, 0) is 73.3 Å². The third kappa shape index (κ3) is 9.09. The van der Waals surface area contributed by atoms with E-state index >= 15 is 0 Å². The van der Waals surface area contributed by atoms with Gasteiger partial charge in [0.25, 0.3) is 0 Å². The molecule has 3 heterocycles. The first kappa shape index (κ1) is 42.7. The van der Waals surface area contributed by atoms with E-state index in [1.54, 1.807) is 0 Å². The molecule has 1 radical (unpaired) electrons. The predicted octanol–water partition coefficient (Wildman–Crippen LogP) is 14.0. The van der Waals surface area contributed by atoms with Crippen LogP contribution in [0.4, 0.5) is 0 Å². The van der Waals surface area contributed by atoms with E-state index in [2.05, 4.69) is 95.3 Å². The SMILES string of the molecule is CC(C)Cc1ccc2cc(-c3cc4ccnc(-c5[c-]c6ccccc6c(C(C)(C)C)c5)c4o3)oc2c1.CCC(C)(CC)C(=O)/C=C(\O)C(C)(CC)CC.[Ir]. The van der Waals surface area contributed by atoms with E-state index in [4.69, 9.17) is 13.8 Å². The number of furan rings is 2. The van der Waals surface area contributed by atoms with Gasteiger partial charge in [0, 0.05) is 59.7 Å². The van der Waals surface area contributed by atoms with E-state index in [-0.39, 0.29) is 47.9 Å². The van der Waals surface area contributed by atoms with E-state index < -0.39 is 0 Å². The van der Waals surface area contributed by atoms with Gasteiger partial charge in [-0.25, -0.2) is 0 Å². The topological polar surface area (TPSA) is 76.5 Å². The number of hydrogen-bond donors (Lipinski definition) is 1. The number of benzene rings is 3. The Bertz CT molecular complexity index is 2240. The van der Waals surface area contributed by atoms with Crippen LogP contribution in [0, 0.1) is 22.8 Å². The number of aliphatic hydroxyl groups is 1. The fourth-order valence-electron chi connectivity index (χ4n) is 6.74. The zero-order valence-electron chi connectivity index (χ0n) is 34.1. The van der Waals surface area contributed by atoms with Crippen LogP contribution >= 0.6 is 0 Å². The summed E-state index contributed by atoms with van der Waals surface area (Å²) in [4.78, 5) is 16.9. The van der Waals surface area contributed by atoms with Crippen LogP contribution in [0.2, 0.25) is 0 Å². The second kappa shape index (κ2) is 17.2. The number of allylic oxidation sites excluding steroid dienone is 2. The van der Waals surface area contributed by atoms with Gasteiger partial charge in [-0.1, -0.05) is 117 Å². The second-order valence-electron chi connectivity index (χ2n) is 16.6. The Morgan fingerprint density at radius 3 is 2.07 bits per heavy atom. The van der Waals surface area contributed by atoms with Gasteiger partial charge in [0.2, 0.25) is 0 Å². The van der Waals surface area contributed by atoms with E-state index in [0.717, 1.165) is 76.4 Å². The molecule has 0 spiro atoms. The van der Waals surface area contributed by atoms with Crippen LogP contribution in [0.1, 0.15) is 113 Å². The van der Waals surface area contributed by atoms with Crippen molar-refractivity contribution in [3.8, 4) is 22.8 Å². The van der Waals surface area contributed by atoms with Crippen molar-refractivity contribution in [2.24, 2.45) is 16.7 Å². The summed E-state index contributed by atoms with van der Waals surface area (Å²) in [5.74, 6) is 2.32. The van der Waals surface area contributed by atoms with Crippen LogP contribution in [0.5, 0.6) is 0 Å². The molecule has 6 aromatic rings. The number of aliphatic hydroxyl groups excluding tert-OH is 1. The van der Waals surface area contributed by atoms with Crippen LogP contribution in [-0.2, 0) is 36.7 Å². The Labute approximate surface area is 336 Å². The molecule has 5 nitrogen and oxygen atoms in total. The van der Waals surface area contributed by atoms with Gasteiger partial charge in [-0.2, -0.15) is 0 Å². The third-order valence-electron chi connectivity index (χ3n) is 11.3. The Balaban J connectivity index is 0.000000309. The first-order valence-electron chi connectivity index (χ1n) is 19.4. The Hall–Kier alpha value is -3.99. The van der Waals surface area contributed by atoms with Gasteiger partial charge < -0.3 is 13.9 Å². The van der Waals surface area contributed by atoms with Crippen molar-refractivity contribution in [2.45, 2.75) is 114 Å². The van der Waals surface area contributed by atoms with Gasteiger partial charge in [-0.15, -0.1) is 29.1 Å². The number of ketones is 1. The van der Waals surface area contributed by atoms with Crippen molar-refractivity contribution in [3.63, 3.8) is 0 Å². The Morgan fingerprint density at radius 1 is 0.815 bits per heavy atom. The average molecular weight is 905 g/mol. The molecule has 0 unspecified atom stereocenters. The zero-order chi connectivity index (χ0) is 38.7. The summed E-state index contributed by atoms with van der Waals surface area (Å²) in [5.41, 5.74) is 5.31. The monoisotopic (exact) mass is 905 g/mol. The van der Waals surface area contributed by atoms with Crippen molar-refractivity contribution in [1.82, 2.24) is 4.98 Å². The Kier molecular flexibility index (Phi) is 13.6. The molecule has 54 heavy (non-hydrogen) atoms. The smallest absolute Gasteiger partial charge is 0.170 e. The molecule has 0 amide bonds. The summed E-state index contributed by atoms with van der Waals surface area (Å²) in [6, 6.07) is 26.8. The van der Waals surface area contributed by atoms with Crippen LogP contribution in [0.15, 0.2) is 93.6 Å². The van der Waals surface area contributed by atoms with Crippen molar-refractivity contribution >= 4 is 38.5 Å². The van der Waals surface area contributed by atoms with Crippen LogP contribution in [0.3, 0.4) is 0 Å². The summed E-state index contributed by atoms with van der Waals surface area (Å²) in [6.07, 6.45) is 7.63. The fourth-order valence-corrected chi connectivity index (χ4v) is 6.74. The van der Waals surface area contributed by atoms with Crippen LogP contribution < -0.4 is 0 Å². The van der Waals surface area contributed by atoms with Crippen molar-refractivity contribution in [1.29, 1.82) is 0 Å². The van der Waals surface area contributed by atoms with Gasteiger partial charge in [0.15, 0.2) is 17.3 Å². The number of carbonyl (C=O) groups excluding carboxylic acids is 1. The maximum Gasteiger partial charge on any atom is 0.170 e. The molecule has 6 rings (SSSR count). The summed E-state index contributed by atoms with van der Waals surface area (Å²) in [7, 11) is 0. The zero-order valence-corrected chi connectivity index (χ0v) is 36.5. The molecule has 289 valence electrons. The number of fused-ring (bicyclic) bond motifs is 3. The largest absolute Gasteiger partial charge is 0.512 e. The van der Waals surface area contributed by atoms with Gasteiger partial charge in [-0.3, -0.25) is 9.78 Å². The normalized spacial score (nSPS) is 12.6. The first-order chi connectivity index (χ1) is 25.0. The molecular formula is C48H58IrNO4-. The summed E-state index contributed by atoms with van der Waals surface area (Å²) >= 11 is 0. The minimum Gasteiger partial charge on any atom is -0.512 e. The fraction of sp³-hybridized carbons (Fsp3) is 0.417. The maximum atomic E-state index is 12.2. The summed E-state index contributed by atoms with van der Waals surface area (Å²) in [6.45, 7) is 23.3. The molecule has 0 atom stereocenters. The average Bonchev–Trinajstić information content (AvgIpc) is 3.77. The minimum absolute atomic E-state index is 0. The first-order valence-corrected chi connectivity index (χ1v) is 19.4. The predicted molar refractivity (Wildman–Crippen MR) is 221 cm³/mol. The number of hydrogen-bond acceptors (Lipinski definition) is 5. The third-order valence-corrected chi connectivity index (χ3v) is 11.3. The van der Waals surface area contributed by atoms with Crippen molar-refractivity contribution in [2.75, 3.05) is 0 Å². The molecule has 6 heteroatoms. The second-order valence-corrected chi connectivity index (χ2v) is 16.6. The number of carbonyl (C=O) groups is 1. The number of pyridine rings is 1. The van der Waals surface area contributed by atoms with Gasteiger partial charge in [0.1, 0.15) is 16.9 Å². The number of rotatable bonds is 11. The van der Waals surface area contributed by atoms with E-state index in [9.17, 15) is 9.90 Å². The van der Waals surface area contributed by atoms with Crippen molar-refractivity contribution < 1.29 is 38.8 Å². The molecule has 1 N–H and O–H groups in total. The Morgan fingerprint density at radius 2 is 1.44 bits per heavy atom. The maximum absolute atomic E-state index is 12.2. The molecule has 0 saturated carbocycles. The van der Waals surface area contributed by atoms with E-state index in [1.807, 2.05) is 59.9 Å². The molecule has 0 saturated heterocycles. The quantitative estimate of drug-likeness (QED) is 0.0796. The minimum atomic E-state index is -0.337. The molecular weight excluding hydrogens is 847 g/mol. The summed E-state index contributed by atoms with van der Waals surface area (Å²) < 4.78 is 12.7. The molecule has 0 fully saturated rings. The molecule has 0 aliphatic rings. The number of nitrogens with zero attached hydrogens (tertiary/aromatic N) is 1. The van der Waals surface area contributed by atoms with Gasteiger partial charge in [0.05, 0.1) is 0 Å². The summed E-state index contributed by atoms with van der Waals surface area (Å²) in [5, 5.41) is 14.5. The van der Waals surface area contributed by atoms with E-state index in [1.165, 1.54) is 22.6 Å². The standard InChI is InChI=1S/C33H30NO2.C15H28O2.Ir/c1-20(2)14-21-10-11-23-18-29(35-28(23)15-21)30-19-24-12-13-34-31(32(24)36-30)25-16-22-8-6-7-9-26(22)27(17-25)33(3,4)5;1-7-14(5,8-2)12(16)11-13(17)15(6,9-3)10-4;/h6-13,15,17-20H,14H2,1-5H3;11,16H,7-10H2,1-6H3;/q-1;;/b;12-11-;. The molecule has 3 aromatic heterocycles. The van der Waals surface area contributed by atoms with Crippen LogP contribution in [0.25, 0.3) is 55.5 Å². The van der Waals surface area contributed by atoms with E-state index in [0.29, 0.717) is 11.7 Å². The molecule has 0 aliphatic heterocycles. The van der Waals surface area contributed by atoms with Crippen molar-refractivity contribution in [3.05, 3.63) is 102 Å². The number of aromatic nitrogens is 1. The van der Waals surface area contributed by atoms with Gasteiger partial charge >= 0.3 is 0 Å². The molecule has 3 aromatic carbocycles. The van der Waals surface area contributed by atoms with Crippen LogP contribution in [-0.4, -0.2) is 15.9 Å². The molecule has 0 aliphatic carbocycles.